The van der Waals surface area contributed by atoms with Gasteiger partial charge in [-0.25, -0.2) is 13.6 Å². The summed E-state index contributed by atoms with van der Waals surface area (Å²) in [6, 6.07) is 4.37. The largest absolute Gasteiger partial charge is 0.418 e. The summed E-state index contributed by atoms with van der Waals surface area (Å²) in [6.07, 6.45) is -9.09. The van der Waals surface area contributed by atoms with Crippen molar-refractivity contribution < 1.29 is 39.6 Å². The number of nitrogens with two attached hydrogens (primary N) is 1. The van der Waals surface area contributed by atoms with Crippen LogP contribution in [0.5, 0.6) is 0 Å². The van der Waals surface area contributed by atoms with Crippen LogP contribution >= 0.6 is 11.6 Å². The number of benzene rings is 2. The lowest BCUT2D eigenvalue weighted by molar-refractivity contribution is -0.138. The first-order valence-corrected chi connectivity index (χ1v) is 12.0. The summed E-state index contributed by atoms with van der Waals surface area (Å²) in [5, 5.41) is 3.62. The molecule has 1 saturated carbocycles. The van der Waals surface area contributed by atoms with Crippen LogP contribution < -0.4 is 10.0 Å². The Morgan fingerprint density at radius 2 is 1.62 bits per heavy atom. The van der Waals surface area contributed by atoms with Gasteiger partial charge in [-0.1, -0.05) is 30.5 Å². The Morgan fingerprint density at radius 3 is 2.21 bits per heavy atom. The van der Waals surface area contributed by atoms with E-state index in [0.717, 1.165) is 24.3 Å². The van der Waals surface area contributed by atoms with Gasteiger partial charge in [0.2, 0.25) is 10.0 Å². The van der Waals surface area contributed by atoms with Crippen molar-refractivity contribution in [2.45, 2.75) is 49.3 Å². The van der Waals surface area contributed by atoms with Crippen molar-refractivity contribution in [3.8, 4) is 0 Å². The van der Waals surface area contributed by atoms with Crippen LogP contribution in [0.1, 0.15) is 47.2 Å². The molecular weight excluding hydrogens is 510 g/mol. The number of carbonyl (C=O) groups excluding carboxylic acids is 1. The molecule has 1 aliphatic rings. The van der Waals surface area contributed by atoms with Crippen molar-refractivity contribution in [2.24, 2.45) is 5.14 Å². The van der Waals surface area contributed by atoms with Crippen LogP contribution in [0.4, 0.5) is 32.0 Å². The number of halogens is 7. The van der Waals surface area contributed by atoms with Gasteiger partial charge in [0.1, 0.15) is 0 Å². The molecule has 2 N–H and O–H groups in total. The molecule has 3 rings (SSSR count). The van der Waals surface area contributed by atoms with Crippen molar-refractivity contribution in [1.82, 2.24) is 0 Å². The van der Waals surface area contributed by atoms with Crippen molar-refractivity contribution in [3.63, 3.8) is 0 Å². The Morgan fingerprint density at radius 1 is 0.971 bits per heavy atom. The molecule has 0 aliphatic heterocycles. The number of sulfonamides is 1. The molecule has 0 heterocycles. The highest BCUT2D eigenvalue weighted by atomic mass is 35.5. The smallest absolute Gasteiger partial charge is 0.303 e. The normalized spacial score (nSPS) is 19.6. The molecule has 2 atom stereocenters. The second-order valence-corrected chi connectivity index (χ2v) is 10.1. The molecule has 5 nitrogen and oxygen atoms in total. The second-order valence-electron chi connectivity index (χ2n) is 7.89. The molecule has 0 radical (unpaired) electrons. The fourth-order valence-corrected chi connectivity index (χ4v) is 5.47. The van der Waals surface area contributed by atoms with E-state index in [4.69, 9.17) is 16.7 Å². The van der Waals surface area contributed by atoms with Crippen LogP contribution in [0.25, 0.3) is 0 Å². The number of hydrogen-bond acceptors (Lipinski definition) is 3. The zero-order chi connectivity index (χ0) is 25.5. The van der Waals surface area contributed by atoms with Crippen LogP contribution in [-0.4, -0.2) is 25.6 Å². The van der Waals surface area contributed by atoms with Gasteiger partial charge in [-0.2, -0.15) is 26.3 Å². The van der Waals surface area contributed by atoms with E-state index in [1.54, 1.807) is 0 Å². The van der Waals surface area contributed by atoms with E-state index in [2.05, 4.69) is 0 Å². The van der Waals surface area contributed by atoms with Gasteiger partial charge in [0, 0.05) is 10.6 Å². The van der Waals surface area contributed by atoms with E-state index < -0.39 is 62.0 Å². The van der Waals surface area contributed by atoms with Crippen LogP contribution in [0, 0.1) is 0 Å². The van der Waals surface area contributed by atoms with Gasteiger partial charge in [-0.05, 0) is 49.2 Å². The number of nitrogens with zero attached hydrogens (tertiary/aromatic N) is 1. The summed E-state index contributed by atoms with van der Waals surface area (Å²) >= 11 is 5.74. The maximum atomic E-state index is 13.9. The first-order valence-electron chi connectivity index (χ1n) is 10.00. The number of alkyl halides is 6. The number of carbonyl (C=O) groups is 1. The van der Waals surface area contributed by atoms with Crippen LogP contribution in [0.2, 0.25) is 5.02 Å². The summed E-state index contributed by atoms with van der Waals surface area (Å²) in [5.41, 5.74) is -3.80. The second kappa shape index (κ2) is 9.38. The van der Waals surface area contributed by atoms with Crippen LogP contribution in [0.3, 0.4) is 0 Å². The lowest BCUT2D eigenvalue weighted by Crippen LogP contribution is -2.53. The maximum Gasteiger partial charge on any atom is 0.418 e. The highest BCUT2D eigenvalue weighted by Gasteiger charge is 2.44. The Bertz CT molecular complexity index is 1180. The molecule has 1 aliphatic carbocycles. The molecule has 2 aromatic rings. The van der Waals surface area contributed by atoms with E-state index in [1.165, 1.54) is 0 Å². The number of rotatable bonds is 4. The molecule has 1 amide bonds. The van der Waals surface area contributed by atoms with Crippen molar-refractivity contribution in [3.05, 3.63) is 64.2 Å². The van der Waals surface area contributed by atoms with Gasteiger partial charge in [0.05, 0.1) is 28.1 Å². The molecule has 1 fully saturated rings. The summed E-state index contributed by atoms with van der Waals surface area (Å²) in [6.45, 7) is 0. The molecular formula is C21H19ClF6N2O3S. The predicted molar refractivity (Wildman–Crippen MR) is 114 cm³/mol. The average molecular weight is 529 g/mol. The highest BCUT2D eigenvalue weighted by molar-refractivity contribution is 7.89. The fraction of sp³-hybridized carbons (Fsp3) is 0.381. The number of primary sulfonamides is 1. The first-order chi connectivity index (χ1) is 15.6. The highest BCUT2D eigenvalue weighted by Crippen LogP contribution is 2.42. The molecule has 0 aromatic heterocycles. The molecule has 13 heteroatoms. The monoisotopic (exact) mass is 528 g/mol. The molecule has 2 unspecified atom stereocenters. The quantitative estimate of drug-likeness (QED) is 0.523. The summed E-state index contributed by atoms with van der Waals surface area (Å²) in [7, 11) is -4.31. The van der Waals surface area contributed by atoms with Crippen LogP contribution in [-0.2, 0) is 22.4 Å². The molecule has 0 spiro atoms. The standard InChI is InChI=1S/C21H19ClF6N2O3S/c22-14-8-9-16(15(11-14)21(26,27)28)30(17-6-1-2-7-18(17)34(29,32)33)19(31)12-4-3-5-13(10-12)20(23,24)25/h3-5,8-11,17-18H,1-2,6-7H2,(H2,29,32,33). The number of hydrogen-bond donors (Lipinski definition) is 1. The zero-order valence-corrected chi connectivity index (χ0v) is 18.9. The van der Waals surface area contributed by atoms with E-state index >= 15 is 0 Å². The van der Waals surface area contributed by atoms with Crippen LogP contribution in [0.15, 0.2) is 42.5 Å². The molecule has 2 aromatic carbocycles. The van der Waals surface area contributed by atoms with Gasteiger partial charge >= 0.3 is 12.4 Å². The van der Waals surface area contributed by atoms with Crippen molar-refractivity contribution in [1.29, 1.82) is 0 Å². The van der Waals surface area contributed by atoms with Gasteiger partial charge < -0.3 is 4.90 Å². The molecule has 186 valence electrons. The molecule has 0 bridgehead atoms. The van der Waals surface area contributed by atoms with Gasteiger partial charge in [-0.15, -0.1) is 0 Å². The van der Waals surface area contributed by atoms with Crippen molar-refractivity contribution >= 4 is 33.2 Å². The summed E-state index contributed by atoms with van der Waals surface area (Å²) in [5.74, 6) is -1.22. The van der Waals surface area contributed by atoms with Gasteiger partial charge in [0.25, 0.3) is 5.91 Å². The molecule has 0 saturated heterocycles. The number of amides is 1. The minimum Gasteiger partial charge on any atom is -0.303 e. The van der Waals surface area contributed by atoms with Gasteiger partial charge in [0.15, 0.2) is 0 Å². The summed E-state index contributed by atoms with van der Waals surface area (Å²) < 4.78 is 106. The topological polar surface area (TPSA) is 80.5 Å². The minimum absolute atomic E-state index is 0.0221. The Labute approximate surface area is 196 Å². The number of anilines is 1. The Balaban J connectivity index is 2.25. The molecule has 34 heavy (non-hydrogen) atoms. The maximum absolute atomic E-state index is 13.9. The fourth-order valence-electron chi connectivity index (χ4n) is 4.11. The average Bonchev–Trinajstić information content (AvgIpc) is 2.73. The van der Waals surface area contributed by atoms with Crippen molar-refractivity contribution in [2.75, 3.05) is 4.90 Å². The van der Waals surface area contributed by atoms with E-state index in [9.17, 15) is 39.6 Å². The third-order valence-electron chi connectivity index (χ3n) is 5.60. The zero-order valence-electron chi connectivity index (χ0n) is 17.3. The SMILES string of the molecule is NS(=O)(=O)C1CCCCC1N(C(=O)c1cccc(C(F)(F)F)c1)c1ccc(Cl)cc1C(F)(F)F. The summed E-state index contributed by atoms with van der Waals surface area (Å²) in [4.78, 5) is 14.1. The third kappa shape index (κ3) is 5.66. The first kappa shape index (κ1) is 26.3. The predicted octanol–water partition coefficient (Wildman–Crippen LogP) is 5.62. The Kier molecular flexibility index (Phi) is 7.26. The Hall–Kier alpha value is -2.31. The lowest BCUT2D eigenvalue weighted by Gasteiger charge is -2.40. The lowest BCUT2D eigenvalue weighted by atomic mass is 9.91. The van der Waals surface area contributed by atoms with E-state index in [0.29, 0.717) is 35.9 Å². The van der Waals surface area contributed by atoms with E-state index in [1.807, 2.05) is 0 Å². The van der Waals surface area contributed by atoms with Gasteiger partial charge in [-0.3, -0.25) is 4.79 Å². The van der Waals surface area contributed by atoms with E-state index in [-0.39, 0.29) is 17.9 Å². The minimum atomic E-state index is -5.00. The third-order valence-corrected chi connectivity index (χ3v) is 7.23.